The van der Waals surface area contributed by atoms with E-state index in [1.54, 1.807) is 0 Å². The summed E-state index contributed by atoms with van der Waals surface area (Å²) in [6.07, 6.45) is 20.2. The van der Waals surface area contributed by atoms with Gasteiger partial charge in [0.15, 0.2) is 0 Å². The van der Waals surface area contributed by atoms with Gasteiger partial charge in [-0.05, 0) is 49.4 Å². The number of nitrogens with zero attached hydrogens (tertiary/aromatic N) is 1. The van der Waals surface area contributed by atoms with Crippen LogP contribution in [0, 0.1) is 34.5 Å². The van der Waals surface area contributed by atoms with Crippen LogP contribution in [0.4, 0.5) is 0 Å². The molecule has 4 atom stereocenters. The molecule has 4 unspecified atom stereocenters. The maximum absolute atomic E-state index is 9.53. The molecule has 2 aliphatic rings. The first-order valence-corrected chi connectivity index (χ1v) is 11.2. The molecule has 142 valence electrons. The zero-order chi connectivity index (χ0) is 18.1. The van der Waals surface area contributed by atoms with Gasteiger partial charge in [-0.25, -0.2) is 0 Å². The molecule has 0 radical (unpaired) electrons. The molecule has 2 fully saturated rings. The summed E-state index contributed by atoms with van der Waals surface area (Å²) in [7, 11) is 0. The van der Waals surface area contributed by atoms with Crippen molar-refractivity contribution in [3.63, 3.8) is 0 Å². The van der Waals surface area contributed by atoms with E-state index in [-0.39, 0.29) is 5.92 Å². The quantitative estimate of drug-likeness (QED) is 0.247. The Hall–Kier alpha value is -0.770. The van der Waals surface area contributed by atoms with Crippen molar-refractivity contribution >= 4 is 0 Å². The first kappa shape index (κ1) is 20.5. The molecular formula is C24H41N. The van der Waals surface area contributed by atoms with Gasteiger partial charge in [0, 0.05) is 0 Å². The van der Waals surface area contributed by atoms with Gasteiger partial charge in [-0.3, -0.25) is 0 Å². The van der Waals surface area contributed by atoms with Crippen molar-refractivity contribution in [1.29, 1.82) is 5.26 Å². The van der Waals surface area contributed by atoms with Crippen molar-refractivity contribution in [2.24, 2.45) is 23.2 Å². The Balaban J connectivity index is 1.48. The molecule has 0 N–H and O–H groups in total. The maximum Gasteiger partial charge on any atom is 0.0662 e. The Kier molecular flexibility index (Phi) is 8.54. The Morgan fingerprint density at radius 3 is 2.08 bits per heavy atom. The Labute approximate surface area is 157 Å². The van der Waals surface area contributed by atoms with Gasteiger partial charge >= 0.3 is 0 Å². The van der Waals surface area contributed by atoms with E-state index in [0.717, 1.165) is 18.8 Å². The van der Waals surface area contributed by atoms with E-state index in [9.17, 15) is 5.26 Å². The lowest BCUT2D eigenvalue weighted by atomic mass is 9.71. The molecular weight excluding hydrogens is 302 g/mol. The van der Waals surface area contributed by atoms with Crippen LogP contribution < -0.4 is 0 Å². The SMILES string of the molecule is C=C(CCCCCCCCCCCCC)C1CC2CC2(C)CC1C#N. The first-order valence-electron chi connectivity index (χ1n) is 11.2. The highest BCUT2D eigenvalue weighted by Gasteiger charge is 2.56. The molecule has 1 nitrogen and oxygen atoms in total. The summed E-state index contributed by atoms with van der Waals surface area (Å²) in [5.41, 5.74) is 1.89. The lowest BCUT2D eigenvalue weighted by Gasteiger charge is -2.32. The zero-order valence-electron chi connectivity index (χ0n) is 17.0. The summed E-state index contributed by atoms with van der Waals surface area (Å²) >= 11 is 0. The number of nitriles is 1. The van der Waals surface area contributed by atoms with Crippen molar-refractivity contribution in [3.8, 4) is 6.07 Å². The fraction of sp³-hybridized carbons (Fsp3) is 0.875. The highest BCUT2D eigenvalue weighted by molar-refractivity contribution is 5.17. The van der Waals surface area contributed by atoms with Gasteiger partial charge in [0.2, 0.25) is 0 Å². The summed E-state index contributed by atoms with van der Waals surface area (Å²) < 4.78 is 0. The minimum absolute atomic E-state index is 0.240. The molecule has 0 bridgehead atoms. The van der Waals surface area contributed by atoms with Crippen LogP contribution in [-0.2, 0) is 0 Å². The van der Waals surface area contributed by atoms with Crippen LogP contribution in [-0.4, -0.2) is 0 Å². The van der Waals surface area contributed by atoms with Crippen molar-refractivity contribution in [2.75, 3.05) is 0 Å². The highest BCUT2D eigenvalue weighted by atomic mass is 14.6. The number of rotatable bonds is 13. The van der Waals surface area contributed by atoms with Crippen LogP contribution in [0.25, 0.3) is 0 Å². The fourth-order valence-corrected chi connectivity index (χ4v) is 5.03. The maximum atomic E-state index is 9.53. The molecule has 0 heterocycles. The third-order valence-electron chi connectivity index (χ3n) is 7.04. The topological polar surface area (TPSA) is 23.8 Å². The predicted molar refractivity (Wildman–Crippen MR) is 108 cm³/mol. The number of allylic oxidation sites excluding steroid dienone is 1. The van der Waals surface area contributed by atoms with E-state index < -0.39 is 0 Å². The standard InChI is InChI=1S/C24H41N/c1-4-5-6-7-8-9-10-11-12-13-14-15-20(2)23-16-22-18-24(22,3)17-21(23)19-25/h21-23H,2,4-18H2,1,3H3. The van der Waals surface area contributed by atoms with Gasteiger partial charge in [-0.1, -0.05) is 90.2 Å². The molecule has 2 aliphatic carbocycles. The van der Waals surface area contributed by atoms with E-state index in [1.807, 2.05) is 0 Å². The second-order valence-corrected chi connectivity index (χ2v) is 9.28. The van der Waals surface area contributed by atoms with E-state index in [4.69, 9.17) is 0 Å². The molecule has 0 saturated heterocycles. The molecule has 0 aromatic rings. The summed E-state index contributed by atoms with van der Waals surface area (Å²) in [5.74, 6) is 1.62. The van der Waals surface area contributed by atoms with Gasteiger partial charge in [-0.15, -0.1) is 0 Å². The predicted octanol–water partition coefficient (Wildman–Crippen LogP) is 7.82. The van der Waals surface area contributed by atoms with E-state index in [0.29, 0.717) is 11.3 Å². The van der Waals surface area contributed by atoms with Crippen LogP contribution in [0.15, 0.2) is 12.2 Å². The van der Waals surface area contributed by atoms with Crippen molar-refractivity contribution < 1.29 is 0 Å². The van der Waals surface area contributed by atoms with Gasteiger partial charge in [0.05, 0.1) is 12.0 Å². The van der Waals surface area contributed by atoms with E-state index in [1.165, 1.54) is 89.0 Å². The minimum atomic E-state index is 0.240. The average molecular weight is 344 g/mol. The number of fused-ring (bicyclic) bond motifs is 1. The molecule has 0 amide bonds. The average Bonchev–Trinajstić information content (AvgIpc) is 3.28. The highest BCUT2D eigenvalue weighted by Crippen LogP contribution is 2.64. The van der Waals surface area contributed by atoms with Crippen LogP contribution in [0.3, 0.4) is 0 Å². The van der Waals surface area contributed by atoms with Gasteiger partial charge in [-0.2, -0.15) is 5.26 Å². The number of hydrogen-bond acceptors (Lipinski definition) is 1. The summed E-state index contributed by atoms with van der Waals surface area (Å²) in [4.78, 5) is 0. The Bertz CT molecular complexity index is 446. The smallest absolute Gasteiger partial charge is 0.0662 e. The van der Waals surface area contributed by atoms with E-state index >= 15 is 0 Å². The second-order valence-electron chi connectivity index (χ2n) is 9.28. The van der Waals surface area contributed by atoms with Crippen LogP contribution >= 0.6 is 0 Å². The number of hydrogen-bond donors (Lipinski definition) is 0. The molecule has 0 spiro atoms. The van der Waals surface area contributed by atoms with Crippen LogP contribution in [0.1, 0.15) is 110 Å². The van der Waals surface area contributed by atoms with Crippen LogP contribution in [0.5, 0.6) is 0 Å². The monoisotopic (exact) mass is 343 g/mol. The normalized spacial score (nSPS) is 30.5. The molecule has 0 aromatic heterocycles. The Morgan fingerprint density at radius 2 is 1.52 bits per heavy atom. The van der Waals surface area contributed by atoms with Gasteiger partial charge in [0.1, 0.15) is 0 Å². The number of unbranched alkanes of at least 4 members (excludes halogenated alkanes) is 10. The van der Waals surface area contributed by atoms with Crippen molar-refractivity contribution in [1.82, 2.24) is 0 Å². The first-order chi connectivity index (χ1) is 12.1. The molecule has 2 rings (SSSR count). The summed E-state index contributed by atoms with van der Waals surface area (Å²) in [6, 6.07) is 2.60. The minimum Gasteiger partial charge on any atom is -0.198 e. The third kappa shape index (κ3) is 6.47. The molecule has 0 aromatic carbocycles. The molecule has 2 saturated carbocycles. The summed E-state index contributed by atoms with van der Waals surface area (Å²) in [6.45, 7) is 9.05. The third-order valence-corrected chi connectivity index (χ3v) is 7.04. The lowest BCUT2D eigenvalue weighted by molar-refractivity contribution is 0.247. The van der Waals surface area contributed by atoms with Crippen molar-refractivity contribution in [2.45, 2.75) is 110 Å². The van der Waals surface area contributed by atoms with Gasteiger partial charge < -0.3 is 0 Å². The summed E-state index contributed by atoms with van der Waals surface area (Å²) in [5, 5.41) is 9.53. The largest absolute Gasteiger partial charge is 0.198 e. The van der Waals surface area contributed by atoms with Gasteiger partial charge in [0.25, 0.3) is 0 Å². The lowest BCUT2D eigenvalue weighted by Crippen LogP contribution is -2.25. The van der Waals surface area contributed by atoms with E-state index in [2.05, 4.69) is 26.5 Å². The molecule has 1 heteroatoms. The Morgan fingerprint density at radius 1 is 0.960 bits per heavy atom. The molecule has 0 aliphatic heterocycles. The molecule has 25 heavy (non-hydrogen) atoms. The van der Waals surface area contributed by atoms with Crippen molar-refractivity contribution in [3.05, 3.63) is 12.2 Å². The zero-order valence-corrected chi connectivity index (χ0v) is 17.0. The second kappa shape index (κ2) is 10.4. The fourth-order valence-electron chi connectivity index (χ4n) is 5.03. The van der Waals surface area contributed by atoms with Crippen LogP contribution in [0.2, 0.25) is 0 Å².